The third kappa shape index (κ3) is 3.53. The highest BCUT2D eigenvalue weighted by molar-refractivity contribution is 5.25. The third-order valence-electron chi connectivity index (χ3n) is 2.77. The quantitative estimate of drug-likeness (QED) is 0.846. The molecular formula is C14H15F3N2O. The van der Waals surface area contributed by atoms with E-state index in [1.165, 1.54) is 6.07 Å². The first-order valence-electron chi connectivity index (χ1n) is 6.19. The van der Waals surface area contributed by atoms with Crippen LogP contribution in [-0.4, -0.2) is 9.78 Å². The Morgan fingerprint density at radius 2 is 2.05 bits per heavy atom. The van der Waals surface area contributed by atoms with Gasteiger partial charge in [-0.25, -0.2) is 0 Å². The van der Waals surface area contributed by atoms with Crippen molar-refractivity contribution in [3.8, 4) is 5.75 Å². The lowest BCUT2D eigenvalue weighted by molar-refractivity contribution is -0.137. The lowest BCUT2D eigenvalue weighted by Crippen LogP contribution is -2.06. The van der Waals surface area contributed by atoms with Crippen LogP contribution in [0.25, 0.3) is 0 Å². The molecule has 2 aromatic rings. The standard InChI is InChI=1S/C14H15F3N2O/c1-10(2)19-8-13(7-18-19)20-9-11-4-3-5-12(6-11)14(15,16)17/h3-8,10H,9H2,1-2H3. The summed E-state index contributed by atoms with van der Waals surface area (Å²) in [6.07, 6.45) is -1.07. The Morgan fingerprint density at radius 1 is 1.30 bits per heavy atom. The molecule has 0 atom stereocenters. The fraction of sp³-hybridized carbons (Fsp3) is 0.357. The molecule has 6 heteroatoms. The topological polar surface area (TPSA) is 27.1 Å². The number of aromatic nitrogens is 2. The second-order valence-electron chi connectivity index (χ2n) is 4.74. The summed E-state index contributed by atoms with van der Waals surface area (Å²) in [6, 6.07) is 5.31. The van der Waals surface area contributed by atoms with Gasteiger partial charge in [0.15, 0.2) is 5.75 Å². The van der Waals surface area contributed by atoms with Gasteiger partial charge in [0, 0.05) is 6.04 Å². The Bertz CT molecular complexity index is 576. The van der Waals surface area contributed by atoms with Gasteiger partial charge in [-0.3, -0.25) is 4.68 Å². The van der Waals surface area contributed by atoms with Crippen LogP contribution in [0, 0.1) is 0 Å². The first-order chi connectivity index (χ1) is 9.36. The molecular weight excluding hydrogens is 269 g/mol. The van der Waals surface area contributed by atoms with Crippen molar-refractivity contribution in [1.82, 2.24) is 9.78 Å². The second kappa shape index (κ2) is 5.56. The van der Waals surface area contributed by atoms with Gasteiger partial charge in [-0.1, -0.05) is 12.1 Å². The molecule has 0 amide bonds. The third-order valence-corrected chi connectivity index (χ3v) is 2.77. The molecule has 1 aromatic carbocycles. The Balaban J connectivity index is 2.03. The number of benzene rings is 1. The van der Waals surface area contributed by atoms with E-state index in [1.54, 1.807) is 23.1 Å². The zero-order valence-electron chi connectivity index (χ0n) is 11.2. The number of rotatable bonds is 4. The Hall–Kier alpha value is -1.98. The molecule has 0 bridgehead atoms. The largest absolute Gasteiger partial charge is 0.486 e. The Labute approximate surface area is 115 Å². The highest BCUT2D eigenvalue weighted by Crippen LogP contribution is 2.29. The molecule has 0 saturated heterocycles. The van der Waals surface area contributed by atoms with Crippen molar-refractivity contribution < 1.29 is 17.9 Å². The predicted octanol–water partition coefficient (Wildman–Crippen LogP) is 4.06. The lowest BCUT2D eigenvalue weighted by atomic mass is 10.1. The molecule has 0 fully saturated rings. The first kappa shape index (κ1) is 14.4. The minimum absolute atomic E-state index is 0.0771. The number of hydrogen-bond donors (Lipinski definition) is 0. The van der Waals surface area contributed by atoms with Crippen molar-refractivity contribution >= 4 is 0 Å². The molecule has 0 unspecified atom stereocenters. The molecule has 20 heavy (non-hydrogen) atoms. The summed E-state index contributed by atoms with van der Waals surface area (Å²) in [7, 11) is 0. The molecule has 0 aliphatic rings. The van der Waals surface area contributed by atoms with E-state index in [9.17, 15) is 13.2 Å². The van der Waals surface area contributed by atoms with Gasteiger partial charge in [-0.2, -0.15) is 18.3 Å². The fourth-order valence-corrected chi connectivity index (χ4v) is 1.68. The van der Waals surface area contributed by atoms with E-state index in [0.29, 0.717) is 11.3 Å². The van der Waals surface area contributed by atoms with Crippen LogP contribution in [0.5, 0.6) is 5.75 Å². The van der Waals surface area contributed by atoms with Gasteiger partial charge < -0.3 is 4.74 Å². The van der Waals surface area contributed by atoms with E-state index >= 15 is 0 Å². The average Bonchev–Trinajstić information content (AvgIpc) is 2.85. The number of nitrogens with zero attached hydrogens (tertiary/aromatic N) is 2. The maximum atomic E-state index is 12.6. The summed E-state index contributed by atoms with van der Waals surface area (Å²) in [6.45, 7) is 4.03. The SMILES string of the molecule is CC(C)n1cc(OCc2cccc(C(F)(F)F)c2)cn1. The molecule has 108 valence electrons. The van der Waals surface area contributed by atoms with E-state index in [0.717, 1.165) is 12.1 Å². The Kier molecular flexibility index (Phi) is 4.01. The van der Waals surface area contributed by atoms with Crippen molar-refractivity contribution in [1.29, 1.82) is 0 Å². The summed E-state index contributed by atoms with van der Waals surface area (Å²) < 4.78 is 44.9. The highest BCUT2D eigenvalue weighted by Gasteiger charge is 2.30. The van der Waals surface area contributed by atoms with Crippen LogP contribution in [0.3, 0.4) is 0 Å². The molecule has 0 aliphatic carbocycles. The molecule has 0 N–H and O–H groups in total. The zero-order chi connectivity index (χ0) is 14.8. The van der Waals surface area contributed by atoms with Gasteiger partial charge in [-0.15, -0.1) is 0 Å². The molecule has 0 radical (unpaired) electrons. The molecule has 1 aromatic heterocycles. The van der Waals surface area contributed by atoms with Crippen molar-refractivity contribution in [2.24, 2.45) is 0 Å². The van der Waals surface area contributed by atoms with Gasteiger partial charge in [-0.05, 0) is 31.5 Å². The van der Waals surface area contributed by atoms with Crippen LogP contribution in [0.15, 0.2) is 36.7 Å². The molecule has 0 aliphatic heterocycles. The molecule has 1 heterocycles. The summed E-state index contributed by atoms with van der Waals surface area (Å²) in [5, 5.41) is 4.10. The predicted molar refractivity (Wildman–Crippen MR) is 68.4 cm³/mol. The highest BCUT2D eigenvalue weighted by atomic mass is 19.4. The van der Waals surface area contributed by atoms with E-state index in [1.807, 2.05) is 13.8 Å². The summed E-state index contributed by atoms with van der Waals surface area (Å²) in [5.41, 5.74) is -0.200. The van der Waals surface area contributed by atoms with Crippen LogP contribution in [0.1, 0.15) is 31.0 Å². The van der Waals surface area contributed by atoms with Crippen molar-refractivity contribution in [3.63, 3.8) is 0 Å². The zero-order valence-corrected chi connectivity index (χ0v) is 11.2. The minimum Gasteiger partial charge on any atom is -0.486 e. The van der Waals surface area contributed by atoms with E-state index in [-0.39, 0.29) is 12.6 Å². The van der Waals surface area contributed by atoms with Crippen LogP contribution >= 0.6 is 0 Å². The molecule has 3 nitrogen and oxygen atoms in total. The summed E-state index contributed by atoms with van der Waals surface area (Å²) in [5.74, 6) is 0.538. The molecule has 0 saturated carbocycles. The fourth-order valence-electron chi connectivity index (χ4n) is 1.68. The van der Waals surface area contributed by atoms with Crippen LogP contribution in [0.4, 0.5) is 13.2 Å². The van der Waals surface area contributed by atoms with E-state index < -0.39 is 11.7 Å². The average molecular weight is 284 g/mol. The van der Waals surface area contributed by atoms with Crippen LogP contribution < -0.4 is 4.74 Å². The maximum Gasteiger partial charge on any atom is 0.416 e. The van der Waals surface area contributed by atoms with E-state index in [2.05, 4.69) is 5.10 Å². The molecule has 2 rings (SSSR count). The van der Waals surface area contributed by atoms with Gasteiger partial charge >= 0.3 is 6.18 Å². The van der Waals surface area contributed by atoms with Crippen LogP contribution in [-0.2, 0) is 12.8 Å². The van der Waals surface area contributed by atoms with Crippen LogP contribution in [0.2, 0.25) is 0 Å². The second-order valence-corrected chi connectivity index (χ2v) is 4.74. The normalized spacial score (nSPS) is 11.9. The van der Waals surface area contributed by atoms with Gasteiger partial charge in [0.1, 0.15) is 6.61 Å². The molecule has 0 spiro atoms. The number of alkyl halides is 3. The van der Waals surface area contributed by atoms with Gasteiger partial charge in [0.25, 0.3) is 0 Å². The summed E-state index contributed by atoms with van der Waals surface area (Å²) >= 11 is 0. The monoisotopic (exact) mass is 284 g/mol. The Morgan fingerprint density at radius 3 is 2.65 bits per heavy atom. The summed E-state index contributed by atoms with van der Waals surface area (Å²) in [4.78, 5) is 0. The number of ether oxygens (including phenoxy) is 1. The number of hydrogen-bond acceptors (Lipinski definition) is 2. The first-order valence-corrected chi connectivity index (χ1v) is 6.19. The van der Waals surface area contributed by atoms with Crippen molar-refractivity contribution in [2.75, 3.05) is 0 Å². The van der Waals surface area contributed by atoms with Gasteiger partial charge in [0.05, 0.1) is 18.0 Å². The minimum atomic E-state index is -4.33. The van der Waals surface area contributed by atoms with Crippen molar-refractivity contribution in [2.45, 2.75) is 32.7 Å². The van der Waals surface area contributed by atoms with E-state index in [4.69, 9.17) is 4.74 Å². The maximum absolute atomic E-state index is 12.6. The lowest BCUT2D eigenvalue weighted by Gasteiger charge is -2.09. The smallest absolute Gasteiger partial charge is 0.416 e. The van der Waals surface area contributed by atoms with Gasteiger partial charge in [0.2, 0.25) is 0 Å². The van der Waals surface area contributed by atoms with Crippen molar-refractivity contribution in [3.05, 3.63) is 47.8 Å². The number of halogens is 3.